The van der Waals surface area contributed by atoms with E-state index in [2.05, 4.69) is 0 Å². The van der Waals surface area contributed by atoms with E-state index in [1.165, 1.54) is 0 Å². The van der Waals surface area contributed by atoms with Gasteiger partial charge >= 0.3 is 11.9 Å². The van der Waals surface area contributed by atoms with Gasteiger partial charge in [0.25, 0.3) is 0 Å². The highest BCUT2D eigenvalue weighted by Gasteiger charge is 2.34. The van der Waals surface area contributed by atoms with Gasteiger partial charge < -0.3 is 9.47 Å². The van der Waals surface area contributed by atoms with E-state index in [1.54, 1.807) is 20.8 Å². The molecule has 4 nitrogen and oxygen atoms in total. The van der Waals surface area contributed by atoms with Gasteiger partial charge in [-0.15, -0.1) is 0 Å². The molecule has 4 heteroatoms. The lowest BCUT2D eigenvalue weighted by Gasteiger charge is -2.26. The highest BCUT2D eigenvalue weighted by atomic mass is 16.7. The smallest absolute Gasteiger partial charge is 0.318 e. The van der Waals surface area contributed by atoms with E-state index >= 15 is 0 Å². The number of carbonyl (C=O) groups is 2. The van der Waals surface area contributed by atoms with E-state index in [0.29, 0.717) is 6.42 Å². The molecule has 1 unspecified atom stereocenters. The van der Waals surface area contributed by atoms with E-state index in [1.807, 2.05) is 32.1 Å². The molecular formula is C15H22O4. The summed E-state index contributed by atoms with van der Waals surface area (Å²) in [5.41, 5.74) is -0.151. The summed E-state index contributed by atoms with van der Waals surface area (Å²) in [6, 6.07) is 0. The zero-order valence-corrected chi connectivity index (χ0v) is 12.3. The van der Waals surface area contributed by atoms with Gasteiger partial charge in [0.15, 0.2) is 0 Å². The minimum atomic E-state index is -0.674. The molecule has 0 N–H and O–H groups in total. The molecular weight excluding hydrogens is 244 g/mol. The number of rotatable bonds is 3. The molecule has 0 heterocycles. The first-order valence-electron chi connectivity index (χ1n) is 6.34. The standard InChI is InChI=1S/C15H22O4/c1-11-7-6-8-15(5,9-11)13(17)19-10-18-12(16)14(2,3)4/h6-8H,9-10H2,1-5H3. The van der Waals surface area contributed by atoms with Crippen molar-refractivity contribution in [2.24, 2.45) is 10.8 Å². The SMILES string of the molecule is CC1=CC=CC(C)(C(=O)OCOC(=O)C(C)(C)C)C1. The van der Waals surface area contributed by atoms with Crippen molar-refractivity contribution in [3.63, 3.8) is 0 Å². The molecule has 0 aromatic rings. The first kappa shape index (κ1) is 15.5. The Hall–Kier alpha value is -1.58. The Morgan fingerprint density at radius 3 is 2.47 bits per heavy atom. The molecule has 0 saturated heterocycles. The molecule has 1 aliphatic rings. The lowest BCUT2D eigenvalue weighted by atomic mass is 9.81. The van der Waals surface area contributed by atoms with Crippen LogP contribution in [0.4, 0.5) is 0 Å². The van der Waals surface area contributed by atoms with Gasteiger partial charge in [0.2, 0.25) is 6.79 Å². The summed E-state index contributed by atoms with van der Waals surface area (Å²) < 4.78 is 9.96. The molecule has 0 aromatic heterocycles. The molecule has 106 valence electrons. The van der Waals surface area contributed by atoms with Crippen molar-refractivity contribution in [1.82, 2.24) is 0 Å². The second-order valence-electron chi connectivity index (χ2n) is 6.20. The second kappa shape index (κ2) is 5.59. The average molecular weight is 266 g/mol. The zero-order valence-electron chi connectivity index (χ0n) is 12.3. The Morgan fingerprint density at radius 1 is 1.32 bits per heavy atom. The van der Waals surface area contributed by atoms with Crippen LogP contribution in [0.15, 0.2) is 23.8 Å². The zero-order chi connectivity index (χ0) is 14.7. The van der Waals surface area contributed by atoms with E-state index in [-0.39, 0.29) is 18.7 Å². The van der Waals surface area contributed by atoms with E-state index in [4.69, 9.17) is 9.47 Å². The van der Waals surface area contributed by atoms with Crippen LogP contribution in [0.1, 0.15) is 41.0 Å². The maximum Gasteiger partial charge on any atom is 0.318 e. The molecule has 0 aromatic carbocycles. The number of ether oxygens (including phenoxy) is 2. The number of carbonyl (C=O) groups excluding carboxylic acids is 2. The quantitative estimate of drug-likeness (QED) is 0.582. The van der Waals surface area contributed by atoms with Crippen molar-refractivity contribution in [3.8, 4) is 0 Å². The third kappa shape index (κ3) is 4.23. The summed E-state index contributed by atoms with van der Waals surface area (Å²) in [6.07, 6.45) is 6.25. The molecule has 0 bridgehead atoms. The fraction of sp³-hybridized carbons (Fsp3) is 0.600. The molecule has 0 aliphatic heterocycles. The fourth-order valence-electron chi connectivity index (χ4n) is 1.78. The summed E-state index contributed by atoms with van der Waals surface area (Å²) in [6.45, 7) is 8.69. The van der Waals surface area contributed by atoms with Crippen molar-refractivity contribution in [3.05, 3.63) is 23.8 Å². The number of allylic oxidation sites excluding steroid dienone is 3. The van der Waals surface area contributed by atoms with Crippen LogP contribution in [-0.2, 0) is 19.1 Å². The summed E-state index contributed by atoms with van der Waals surface area (Å²) in [4.78, 5) is 23.5. The van der Waals surface area contributed by atoms with Gasteiger partial charge in [-0.3, -0.25) is 9.59 Å². The fourth-order valence-corrected chi connectivity index (χ4v) is 1.78. The number of esters is 2. The highest BCUT2D eigenvalue weighted by molar-refractivity contribution is 5.80. The second-order valence-corrected chi connectivity index (χ2v) is 6.20. The van der Waals surface area contributed by atoms with Crippen LogP contribution in [0.5, 0.6) is 0 Å². The Bertz CT molecular complexity index is 426. The lowest BCUT2D eigenvalue weighted by molar-refractivity contribution is -0.177. The van der Waals surface area contributed by atoms with Crippen molar-refractivity contribution >= 4 is 11.9 Å². The molecule has 0 saturated carbocycles. The van der Waals surface area contributed by atoms with Crippen molar-refractivity contribution in [2.75, 3.05) is 6.79 Å². The van der Waals surface area contributed by atoms with Crippen molar-refractivity contribution < 1.29 is 19.1 Å². The molecule has 1 rings (SSSR count). The minimum Gasteiger partial charge on any atom is -0.427 e. The predicted molar refractivity (Wildman–Crippen MR) is 72.1 cm³/mol. The summed E-state index contributed by atoms with van der Waals surface area (Å²) in [5, 5.41) is 0. The van der Waals surface area contributed by atoms with E-state index < -0.39 is 10.8 Å². The largest absolute Gasteiger partial charge is 0.427 e. The normalized spacial score (nSPS) is 22.7. The van der Waals surface area contributed by atoms with Crippen LogP contribution in [0, 0.1) is 10.8 Å². The third-order valence-electron chi connectivity index (χ3n) is 2.95. The van der Waals surface area contributed by atoms with Gasteiger partial charge in [-0.25, -0.2) is 0 Å². The van der Waals surface area contributed by atoms with Gasteiger partial charge in [-0.05, 0) is 41.0 Å². The van der Waals surface area contributed by atoms with Crippen LogP contribution in [0.25, 0.3) is 0 Å². The summed E-state index contributed by atoms with van der Waals surface area (Å²) in [7, 11) is 0. The molecule has 1 aliphatic carbocycles. The predicted octanol–water partition coefficient (Wildman–Crippen LogP) is 2.99. The first-order chi connectivity index (χ1) is 8.65. The van der Waals surface area contributed by atoms with E-state index in [0.717, 1.165) is 5.57 Å². The molecule has 19 heavy (non-hydrogen) atoms. The Morgan fingerprint density at radius 2 is 1.95 bits per heavy atom. The van der Waals surface area contributed by atoms with Crippen LogP contribution in [-0.4, -0.2) is 18.7 Å². The topological polar surface area (TPSA) is 52.6 Å². The summed E-state index contributed by atoms with van der Waals surface area (Å²) in [5.74, 6) is -0.765. The summed E-state index contributed by atoms with van der Waals surface area (Å²) >= 11 is 0. The number of hydrogen-bond acceptors (Lipinski definition) is 4. The van der Waals surface area contributed by atoms with Gasteiger partial charge in [0.05, 0.1) is 10.8 Å². The molecule has 0 radical (unpaired) electrons. The molecule has 0 fully saturated rings. The van der Waals surface area contributed by atoms with Crippen LogP contribution >= 0.6 is 0 Å². The first-order valence-corrected chi connectivity index (χ1v) is 6.34. The van der Waals surface area contributed by atoms with Crippen molar-refractivity contribution in [2.45, 2.75) is 41.0 Å². The molecule has 0 amide bonds. The Kier molecular flexibility index (Phi) is 4.56. The minimum absolute atomic E-state index is 0.332. The highest BCUT2D eigenvalue weighted by Crippen LogP contribution is 2.32. The average Bonchev–Trinajstić information content (AvgIpc) is 2.27. The maximum absolute atomic E-state index is 12.0. The lowest BCUT2D eigenvalue weighted by Crippen LogP contribution is -2.31. The Labute approximate surface area is 114 Å². The van der Waals surface area contributed by atoms with Gasteiger partial charge in [0, 0.05) is 0 Å². The monoisotopic (exact) mass is 266 g/mol. The van der Waals surface area contributed by atoms with Crippen LogP contribution in [0.2, 0.25) is 0 Å². The van der Waals surface area contributed by atoms with Crippen LogP contribution < -0.4 is 0 Å². The third-order valence-corrected chi connectivity index (χ3v) is 2.95. The number of hydrogen-bond donors (Lipinski definition) is 0. The van der Waals surface area contributed by atoms with Gasteiger partial charge in [-0.2, -0.15) is 0 Å². The van der Waals surface area contributed by atoms with Crippen LogP contribution in [0.3, 0.4) is 0 Å². The van der Waals surface area contributed by atoms with Crippen molar-refractivity contribution in [1.29, 1.82) is 0 Å². The van der Waals surface area contributed by atoms with E-state index in [9.17, 15) is 9.59 Å². The van der Waals surface area contributed by atoms with Gasteiger partial charge in [0.1, 0.15) is 0 Å². The molecule has 1 atom stereocenters. The maximum atomic E-state index is 12.0. The molecule has 0 spiro atoms. The van der Waals surface area contributed by atoms with Gasteiger partial charge in [-0.1, -0.05) is 23.8 Å². The Balaban J connectivity index is 2.47.